The molecule has 1 aliphatic rings. The maximum Gasteiger partial charge on any atom is 0.125 e. The summed E-state index contributed by atoms with van der Waals surface area (Å²) in [6, 6.07) is 7.10. The molecule has 3 rings (SSSR count). The van der Waals surface area contributed by atoms with Crippen LogP contribution < -0.4 is 5.32 Å². The van der Waals surface area contributed by atoms with Crippen LogP contribution in [0.2, 0.25) is 0 Å². The van der Waals surface area contributed by atoms with Gasteiger partial charge in [-0.3, -0.25) is 0 Å². The normalized spacial score (nSPS) is 15.8. The minimum Gasteiger partial charge on any atom is -0.342 e. The summed E-state index contributed by atoms with van der Waals surface area (Å²) < 4.78 is 15.2. The standard InChI is InChI=1S/C11H11FN2/c12-9-2-1-8-5-10-7-13-3-4-14(10)11(8)6-9/h1-2,5-6,13H,3-4,7H2. The maximum absolute atomic E-state index is 13.1. The molecular formula is C11H11FN2. The number of benzene rings is 1. The Morgan fingerprint density at radius 1 is 1.29 bits per heavy atom. The number of halogens is 1. The van der Waals surface area contributed by atoms with Crippen molar-refractivity contribution in [3.05, 3.63) is 35.8 Å². The Bertz CT molecular complexity index is 487. The Balaban J connectivity index is 2.32. The van der Waals surface area contributed by atoms with Gasteiger partial charge < -0.3 is 9.88 Å². The van der Waals surface area contributed by atoms with Gasteiger partial charge in [-0.1, -0.05) is 0 Å². The average Bonchev–Trinajstić information content (AvgIpc) is 2.56. The summed E-state index contributed by atoms with van der Waals surface area (Å²) in [6.07, 6.45) is 0. The summed E-state index contributed by atoms with van der Waals surface area (Å²) in [5.41, 5.74) is 2.26. The SMILES string of the molecule is Fc1ccc2cc3n(c2c1)CCNC3. The van der Waals surface area contributed by atoms with Gasteiger partial charge in [0.2, 0.25) is 0 Å². The van der Waals surface area contributed by atoms with Crippen LogP contribution >= 0.6 is 0 Å². The van der Waals surface area contributed by atoms with E-state index in [4.69, 9.17) is 0 Å². The highest BCUT2D eigenvalue weighted by Crippen LogP contribution is 2.22. The van der Waals surface area contributed by atoms with E-state index in [-0.39, 0.29) is 5.82 Å². The molecule has 2 nitrogen and oxygen atoms in total. The van der Waals surface area contributed by atoms with Crippen LogP contribution in [0.5, 0.6) is 0 Å². The first-order valence-corrected chi connectivity index (χ1v) is 4.83. The Morgan fingerprint density at radius 2 is 2.21 bits per heavy atom. The lowest BCUT2D eigenvalue weighted by molar-refractivity contribution is 0.526. The molecule has 14 heavy (non-hydrogen) atoms. The van der Waals surface area contributed by atoms with Crippen molar-refractivity contribution in [3.63, 3.8) is 0 Å². The molecule has 3 heteroatoms. The number of nitrogens with zero attached hydrogens (tertiary/aromatic N) is 1. The van der Waals surface area contributed by atoms with E-state index in [9.17, 15) is 4.39 Å². The van der Waals surface area contributed by atoms with Gasteiger partial charge in [0.25, 0.3) is 0 Å². The second-order valence-corrected chi connectivity index (χ2v) is 3.67. The lowest BCUT2D eigenvalue weighted by Crippen LogP contribution is -2.27. The van der Waals surface area contributed by atoms with Gasteiger partial charge in [-0.2, -0.15) is 0 Å². The van der Waals surface area contributed by atoms with Gasteiger partial charge in [-0.15, -0.1) is 0 Å². The maximum atomic E-state index is 13.1. The van der Waals surface area contributed by atoms with Crippen LogP contribution in [0.15, 0.2) is 24.3 Å². The number of hydrogen-bond donors (Lipinski definition) is 1. The fourth-order valence-electron chi connectivity index (χ4n) is 2.10. The van der Waals surface area contributed by atoms with E-state index in [0.29, 0.717) is 0 Å². The monoisotopic (exact) mass is 190 g/mol. The summed E-state index contributed by atoms with van der Waals surface area (Å²) in [5, 5.41) is 4.43. The number of fused-ring (bicyclic) bond motifs is 3. The first-order chi connectivity index (χ1) is 6.84. The van der Waals surface area contributed by atoms with Crippen molar-refractivity contribution in [3.8, 4) is 0 Å². The molecule has 0 fully saturated rings. The van der Waals surface area contributed by atoms with Gasteiger partial charge in [0.05, 0.1) is 5.52 Å². The van der Waals surface area contributed by atoms with Gasteiger partial charge in [0.15, 0.2) is 0 Å². The van der Waals surface area contributed by atoms with Crippen molar-refractivity contribution >= 4 is 10.9 Å². The van der Waals surface area contributed by atoms with Crippen LogP contribution in [0.3, 0.4) is 0 Å². The second kappa shape index (κ2) is 2.82. The first-order valence-electron chi connectivity index (χ1n) is 4.83. The molecule has 1 aliphatic heterocycles. The third-order valence-electron chi connectivity index (χ3n) is 2.77. The van der Waals surface area contributed by atoms with E-state index >= 15 is 0 Å². The van der Waals surface area contributed by atoms with Gasteiger partial charge in [-0.25, -0.2) is 4.39 Å². The Morgan fingerprint density at radius 3 is 3.14 bits per heavy atom. The van der Waals surface area contributed by atoms with Crippen LogP contribution in [-0.4, -0.2) is 11.1 Å². The van der Waals surface area contributed by atoms with Crippen LogP contribution in [0, 0.1) is 5.82 Å². The molecule has 0 unspecified atom stereocenters. The molecule has 0 bridgehead atoms. The summed E-state index contributed by atoms with van der Waals surface area (Å²) in [6.45, 7) is 2.78. The smallest absolute Gasteiger partial charge is 0.125 e. The van der Waals surface area contributed by atoms with E-state index in [1.54, 1.807) is 6.07 Å². The topological polar surface area (TPSA) is 17.0 Å². The third kappa shape index (κ3) is 1.06. The Hall–Kier alpha value is -1.35. The molecule has 0 saturated carbocycles. The largest absolute Gasteiger partial charge is 0.342 e. The molecule has 1 N–H and O–H groups in total. The van der Waals surface area contributed by atoms with Crippen molar-refractivity contribution in [1.29, 1.82) is 0 Å². The average molecular weight is 190 g/mol. The quantitative estimate of drug-likeness (QED) is 0.671. The lowest BCUT2D eigenvalue weighted by Gasteiger charge is -2.16. The van der Waals surface area contributed by atoms with E-state index in [0.717, 1.165) is 30.5 Å². The highest BCUT2D eigenvalue weighted by molar-refractivity contribution is 5.81. The number of hydrogen-bond acceptors (Lipinski definition) is 1. The zero-order valence-electron chi connectivity index (χ0n) is 7.76. The lowest BCUT2D eigenvalue weighted by atomic mass is 10.2. The van der Waals surface area contributed by atoms with Crippen molar-refractivity contribution in [2.24, 2.45) is 0 Å². The third-order valence-corrected chi connectivity index (χ3v) is 2.77. The molecule has 0 spiro atoms. The van der Waals surface area contributed by atoms with Crippen molar-refractivity contribution in [2.45, 2.75) is 13.1 Å². The van der Waals surface area contributed by atoms with Gasteiger partial charge in [0, 0.05) is 30.7 Å². The van der Waals surface area contributed by atoms with Gasteiger partial charge >= 0.3 is 0 Å². The number of aromatic nitrogens is 1. The van der Waals surface area contributed by atoms with E-state index in [1.165, 1.54) is 11.8 Å². The van der Waals surface area contributed by atoms with E-state index in [2.05, 4.69) is 16.0 Å². The first kappa shape index (κ1) is 8.00. The van der Waals surface area contributed by atoms with Crippen LogP contribution in [-0.2, 0) is 13.1 Å². The van der Waals surface area contributed by atoms with Gasteiger partial charge in [0.1, 0.15) is 5.82 Å². The molecule has 0 saturated heterocycles. The van der Waals surface area contributed by atoms with Crippen LogP contribution in [0.4, 0.5) is 4.39 Å². The van der Waals surface area contributed by atoms with Crippen LogP contribution in [0.25, 0.3) is 10.9 Å². The molecule has 72 valence electrons. The summed E-state index contributed by atoms with van der Waals surface area (Å²) in [5.74, 6) is -0.156. The number of nitrogens with one attached hydrogen (secondary N) is 1. The molecule has 0 atom stereocenters. The molecule has 2 heterocycles. The minimum absolute atomic E-state index is 0.156. The highest BCUT2D eigenvalue weighted by Gasteiger charge is 2.12. The second-order valence-electron chi connectivity index (χ2n) is 3.67. The molecule has 1 aromatic heterocycles. The summed E-state index contributed by atoms with van der Waals surface area (Å²) in [7, 11) is 0. The predicted octanol–water partition coefficient (Wildman–Crippen LogP) is 1.88. The number of rotatable bonds is 0. The highest BCUT2D eigenvalue weighted by atomic mass is 19.1. The van der Waals surface area contributed by atoms with Gasteiger partial charge in [-0.05, 0) is 24.3 Å². The zero-order valence-corrected chi connectivity index (χ0v) is 7.76. The Kier molecular flexibility index (Phi) is 1.61. The molecular weight excluding hydrogens is 179 g/mol. The summed E-state index contributed by atoms with van der Waals surface area (Å²) >= 11 is 0. The molecule has 0 amide bonds. The fraction of sp³-hybridized carbons (Fsp3) is 0.273. The van der Waals surface area contributed by atoms with Crippen molar-refractivity contribution < 1.29 is 4.39 Å². The zero-order chi connectivity index (χ0) is 9.54. The molecule has 2 aromatic rings. The predicted molar refractivity (Wildman–Crippen MR) is 53.6 cm³/mol. The Labute approximate surface area is 81.3 Å². The van der Waals surface area contributed by atoms with Crippen LogP contribution in [0.1, 0.15) is 5.69 Å². The van der Waals surface area contributed by atoms with E-state index in [1.807, 2.05) is 6.07 Å². The van der Waals surface area contributed by atoms with E-state index < -0.39 is 0 Å². The van der Waals surface area contributed by atoms with Crippen molar-refractivity contribution in [2.75, 3.05) is 6.54 Å². The minimum atomic E-state index is -0.156. The summed E-state index contributed by atoms with van der Waals surface area (Å²) in [4.78, 5) is 0. The fourth-order valence-corrected chi connectivity index (χ4v) is 2.10. The molecule has 1 aromatic carbocycles. The molecule has 0 radical (unpaired) electrons. The molecule has 0 aliphatic carbocycles. The van der Waals surface area contributed by atoms with Crippen molar-refractivity contribution in [1.82, 2.24) is 9.88 Å².